The van der Waals surface area contributed by atoms with Gasteiger partial charge in [0.25, 0.3) is 0 Å². The summed E-state index contributed by atoms with van der Waals surface area (Å²) in [6, 6.07) is 13.9. The third-order valence-electron chi connectivity index (χ3n) is 4.74. The highest BCUT2D eigenvalue weighted by atomic mass is 16.5. The van der Waals surface area contributed by atoms with Gasteiger partial charge in [0, 0.05) is 13.2 Å². The molecule has 5 heteroatoms. The van der Waals surface area contributed by atoms with E-state index in [0.717, 1.165) is 17.5 Å². The molecule has 1 aliphatic heterocycles. The van der Waals surface area contributed by atoms with Crippen molar-refractivity contribution >= 4 is 5.91 Å². The van der Waals surface area contributed by atoms with E-state index in [0.29, 0.717) is 24.7 Å². The van der Waals surface area contributed by atoms with E-state index >= 15 is 0 Å². The molecule has 1 heterocycles. The molecule has 138 valence electrons. The molecule has 5 nitrogen and oxygen atoms in total. The number of carbonyl (C=O) groups excluding carboxylic acids is 1. The number of rotatable bonds is 6. The van der Waals surface area contributed by atoms with Crippen molar-refractivity contribution in [2.24, 2.45) is 0 Å². The molecule has 0 N–H and O–H groups in total. The maximum Gasteiger partial charge on any atom is 0.249 e. The smallest absolute Gasteiger partial charge is 0.249 e. The molecule has 1 unspecified atom stereocenters. The van der Waals surface area contributed by atoms with Crippen LogP contribution in [0.3, 0.4) is 0 Å². The SMILES string of the molecule is CCOCC(=O)N1CCc2cc(OC)c(OC)cc2C1c1ccccc1. The van der Waals surface area contributed by atoms with Crippen molar-refractivity contribution < 1.29 is 19.0 Å². The van der Waals surface area contributed by atoms with Crippen LogP contribution in [-0.4, -0.2) is 44.8 Å². The number of nitrogens with zero attached hydrogens (tertiary/aromatic N) is 1. The van der Waals surface area contributed by atoms with E-state index < -0.39 is 0 Å². The van der Waals surface area contributed by atoms with Gasteiger partial charge in [-0.1, -0.05) is 30.3 Å². The minimum atomic E-state index is -0.160. The zero-order valence-corrected chi connectivity index (χ0v) is 15.5. The van der Waals surface area contributed by atoms with Gasteiger partial charge in [0.05, 0.1) is 20.3 Å². The lowest BCUT2D eigenvalue weighted by Crippen LogP contribution is -2.42. The van der Waals surface area contributed by atoms with Gasteiger partial charge in [0.1, 0.15) is 6.61 Å². The Morgan fingerprint density at radius 3 is 2.46 bits per heavy atom. The van der Waals surface area contributed by atoms with Gasteiger partial charge in [0.15, 0.2) is 11.5 Å². The number of ether oxygens (including phenoxy) is 3. The van der Waals surface area contributed by atoms with Crippen molar-refractivity contribution in [1.82, 2.24) is 4.90 Å². The second-order valence-corrected chi connectivity index (χ2v) is 6.19. The predicted molar refractivity (Wildman–Crippen MR) is 99.7 cm³/mol. The van der Waals surface area contributed by atoms with Gasteiger partial charge in [-0.25, -0.2) is 0 Å². The maximum absolute atomic E-state index is 12.8. The molecule has 1 amide bonds. The van der Waals surface area contributed by atoms with Crippen LogP contribution in [0, 0.1) is 0 Å². The average molecular weight is 355 g/mol. The first kappa shape index (κ1) is 18.3. The molecule has 1 aliphatic rings. The highest BCUT2D eigenvalue weighted by Gasteiger charge is 2.33. The van der Waals surface area contributed by atoms with Crippen molar-refractivity contribution in [2.45, 2.75) is 19.4 Å². The second-order valence-electron chi connectivity index (χ2n) is 6.19. The highest BCUT2D eigenvalue weighted by Crippen LogP contribution is 2.40. The van der Waals surface area contributed by atoms with Crippen molar-refractivity contribution in [3.05, 3.63) is 59.2 Å². The fourth-order valence-corrected chi connectivity index (χ4v) is 3.48. The lowest BCUT2D eigenvalue weighted by Gasteiger charge is -2.38. The summed E-state index contributed by atoms with van der Waals surface area (Å²) in [5.74, 6) is 1.39. The first-order valence-electron chi connectivity index (χ1n) is 8.86. The van der Waals surface area contributed by atoms with Crippen LogP contribution in [0.1, 0.15) is 29.7 Å². The standard InChI is InChI=1S/C21H25NO4/c1-4-26-14-20(23)22-11-10-16-12-18(24-2)19(25-3)13-17(16)21(22)15-8-6-5-7-9-15/h5-9,12-13,21H,4,10-11,14H2,1-3H3. The molecule has 1 atom stereocenters. The Bertz CT molecular complexity index is 760. The molecule has 2 aromatic carbocycles. The van der Waals surface area contributed by atoms with Crippen LogP contribution >= 0.6 is 0 Å². The Balaban J connectivity index is 2.07. The van der Waals surface area contributed by atoms with Gasteiger partial charge >= 0.3 is 0 Å². The Hall–Kier alpha value is -2.53. The number of hydrogen-bond donors (Lipinski definition) is 0. The zero-order valence-electron chi connectivity index (χ0n) is 15.5. The van der Waals surface area contributed by atoms with E-state index in [-0.39, 0.29) is 18.6 Å². The Labute approximate surface area is 154 Å². The minimum absolute atomic E-state index is 0.00105. The predicted octanol–water partition coefficient (Wildman–Crippen LogP) is 3.21. The summed E-state index contributed by atoms with van der Waals surface area (Å²) in [6.45, 7) is 3.16. The highest BCUT2D eigenvalue weighted by molar-refractivity contribution is 5.79. The molecule has 0 bridgehead atoms. The first-order valence-corrected chi connectivity index (χ1v) is 8.86. The van der Waals surface area contributed by atoms with E-state index in [4.69, 9.17) is 14.2 Å². The number of methoxy groups -OCH3 is 2. The van der Waals surface area contributed by atoms with Crippen molar-refractivity contribution in [3.63, 3.8) is 0 Å². The van der Waals surface area contributed by atoms with Gasteiger partial charge in [0.2, 0.25) is 5.91 Å². The molecule has 0 aromatic heterocycles. The average Bonchev–Trinajstić information content (AvgIpc) is 2.70. The maximum atomic E-state index is 12.8. The molecule has 3 rings (SSSR count). The molecular weight excluding hydrogens is 330 g/mol. The van der Waals surface area contributed by atoms with Crippen LogP contribution in [0.2, 0.25) is 0 Å². The van der Waals surface area contributed by atoms with E-state index in [1.165, 1.54) is 5.56 Å². The number of amides is 1. The Kier molecular flexibility index (Phi) is 5.78. The lowest BCUT2D eigenvalue weighted by molar-refractivity contribution is -0.138. The molecule has 2 aromatic rings. The minimum Gasteiger partial charge on any atom is -0.493 e. The molecule has 0 spiro atoms. The molecule has 0 aliphatic carbocycles. The zero-order chi connectivity index (χ0) is 18.5. The summed E-state index contributed by atoms with van der Waals surface area (Å²) in [5.41, 5.74) is 3.33. The van der Waals surface area contributed by atoms with Gasteiger partial charge in [-0.05, 0) is 42.2 Å². The molecule has 0 saturated heterocycles. The second kappa shape index (κ2) is 8.23. The normalized spacial score (nSPS) is 16.1. The molecule has 26 heavy (non-hydrogen) atoms. The number of hydrogen-bond acceptors (Lipinski definition) is 4. The van der Waals surface area contributed by atoms with Crippen LogP contribution in [0.5, 0.6) is 11.5 Å². The van der Waals surface area contributed by atoms with Crippen molar-refractivity contribution in [2.75, 3.05) is 34.0 Å². The summed E-state index contributed by atoms with van der Waals surface area (Å²) < 4.78 is 16.3. The van der Waals surface area contributed by atoms with Crippen molar-refractivity contribution in [1.29, 1.82) is 0 Å². The Morgan fingerprint density at radius 2 is 1.81 bits per heavy atom. The largest absolute Gasteiger partial charge is 0.493 e. The van der Waals surface area contributed by atoms with E-state index in [9.17, 15) is 4.79 Å². The van der Waals surface area contributed by atoms with E-state index in [1.54, 1.807) is 14.2 Å². The van der Waals surface area contributed by atoms with E-state index in [2.05, 4.69) is 12.1 Å². The van der Waals surface area contributed by atoms with Crippen LogP contribution in [0.15, 0.2) is 42.5 Å². The fraction of sp³-hybridized carbons (Fsp3) is 0.381. The summed E-state index contributed by atoms with van der Waals surface area (Å²) in [6.07, 6.45) is 0.775. The van der Waals surface area contributed by atoms with Crippen LogP contribution in [0.4, 0.5) is 0 Å². The molecule has 0 fully saturated rings. The molecule has 0 saturated carbocycles. The fourth-order valence-electron chi connectivity index (χ4n) is 3.48. The third kappa shape index (κ3) is 3.53. The van der Waals surface area contributed by atoms with Crippen LogP contribution in [-0.2, 0) is 16.0 Å². The van der Waals surface area contributed by atoms with Gasteiger partial charge in [-0.2, -0.15) is 0 Å². The summed E-state index contributed by atoms with van der Waals surface area (Å²) >= 11 is 0. The first-order chi connectivity index (χ1) is 12.7. The van der Waals surface area contributed by atoms with E-state index in [1.807, 2.05) is 42.2 Å². The Morgan fingerprint density at radius 1 is 1.12 bits per heavy atom. The number of fused-ring (bicyclic) bond motifs is 1. The quantitative estimate of drug-likeness (QED) is 0.798. The summed E-state index contributed by atoms with van der Waals surface area (Å²) in [5, 5.41) is 0. The van der Waals surface area contributed by atoms with Crippen LogP contribution < -0.4 is 9.47 Å². The van der Waals surface area contributed by atoms with Crippen molar-refractivity contribution in [3.8, 4) is 11.5 Å². The molecule has 0 radical (unpaired) electrons. The topological polar surface area (TPSA) is 48.0 Å². The van der Waals surface area contributed by atoms with Gasteiger partial charge < -0.3 is 19.1 Å². The summed E-state index contributed by atoms with van der Waals surface area (Å²) in [7, 11) is 3.27. The third-order valence-corrected chi connectivity index (χ3v) is 4.74. The van der Waals surface area contributed by atoms with Gasteiger partial charge in [-0.3, -0.25) is 4.79 Å². The number of benzene rings is 2. The lowest BCUT2D eigenvalue weighted by atomic mass is 9.87. The number of carbonyl (C=O) groups is 1. The summed E-state index contributed by atoms with van der Waals surface area (Å²) in [4.78, 5) is 14.7. The molecular formula is C21H25NO4. The monoisotopic (exact) mass is 355 g/mol. The van der Waals surface area contributed by atoms with Gasteiger partial charge in [-0.15, -0.1) is 0 Å². The van der Waals surface area contributed by atoms with Crippen LogP contribution in [0.25, 0.3) is 0 Å².